The summed E-state index contributed by atoms with van der Waals surface area (Å²) in [7, 11) is 0. The van der Waals surface area contributed by atoms with Crippen LogP contribution in [-0.4, -0.2) is 18.0 Å². The molecule has 4 heteroatoms. The van der Waals surface area contributed by atoms with Crippen molar-refractivity contribution in [2.45, 2.75) is 71.9 Å². The highest BCUT2D eigenvalue weighted by Crippen LogP contribution is 2.23. The summed E-state index contributed by atoms with van der Waals surface area (Å²) in [6.45, 7) is 8.32. The molecule has 0 aromatic carbocycles. The minimum atomic E-state index is -0.414. The van der Waals surface area contributed by atoms with E-state index in [-0.39, 0.29) is 23.7 Å². The Morgan fingerprint density at radius 3 is 2.39 bits per heavy atom. The lowest BCUT2D eigenvalue weighted by atomic mass is 9.86. The summed E-state index contributed by atoms with van der Waals surface area (Å²) >= 11 is 0. The highest BCUT2D eigenvalue weighted by molar-refractivity contribution is 5.85. The van der Waals surface area contributed by atoms with Gasteiger partial charge in [-0.3, -0.25) is 4.79 Å². The summed E-state index contributed by atoms with van der Waals surface area (Å²) in [5, 5.41) is 3.12. The summed E-state index contributed by atoms with van der Waals surface area (Å²) in [6.07, 6.45) is 5.93. The molecule has 2 unspecified atom stereocenters. The standard InChI is InChI=1S/C14H28N2O.ClH/c1-10-6-5-7-11(9-8-10)16-13(17)12(15)14(2,3)4;/h10-12H,5-9,15H2,1-4H3,(H,16,17);1H/t10?,11?,12-;/m1./s1. The first kappa shape index (κ1) is 17.7. The van der Waals surface area contributed by atoms with Gasteiger partial charge in [-0.15, -0.1) is 12.4 Å². The van der Waals surface area contributed by atoms with Gasteiger partial charge >= 0.3 is 0 Å². The molecule has 1 aliphatic carbocycles. The minimum Gasteiger partial charge on any atom is -0.352 e. The van der Waals surface area contributed by atoms with E-state index in [0.29, 0.717) is 6.04 Å². The van der Waals surface area contributed by atoms with Gasteiger partial charge in [0.25, 0.3) is 0 Å². The van der Waals surface area contributed by atoms with Gasteiger partial charge < -0.3 is 11.1 Å². The summed E-state index contributed by atoms with van der Waals surface area (Å²) < 4.78 is 0. The number of rotatable bonds is 2. The second-order valence-corrected chi connectivity index (χ2v) is 6.66. The monoisotopic (exact) mass is 276 g/mol. The van der Waals surface area contributed by atoms with Crippen molar-refractivity contribution in [1.29, 1.82) is 0 Å². The van der Waals surface area contributed by atoms with Gasteiger partial charge in [0.15, 0.2) is 0 Å². The number of amides is 1. The van der Waals surface area contributed by atoms with Crippen LogP contribution >= 0.6 is 12.4 Å². The van der Waals surface area contributed by atoms with E-state index < -0.39 is 6.04 Å². The van der Waals surface area contributed by atoms with Gasteiger partial charge in [0, 0.05) is 6.04 Å². The Balaban J connectivity index is 0.00000289. The van der Waals surface area contributed by atoms with Crippen LogP contribution in [0.1, 0.15) is 59.8 Å². The summed E-state index contributed by atoms with van der Waals surface area (Å²) in [4.78, 5) is 12.0. The van der Waals surface area contributed by atoms with Gasteiger partial charge in [-0.2, -0.15) is 0 Å². The van der Waals surface area contributed by atoms with Crippen LogP contribution in [0.25, 0.3) is 0 Å². The Kier molecular flexibility index (Phi) is 7.23. The molecule has 0 spiro atoms. The van der Waals surface area contributed by atoms with E-state index in [1.165, 1.54) is 19.3 Å². The Morgan fingerprint density at radius 2 is 1.83 bits per heavy atom. The summed E-state index contributed by atoms with van der Waals surface area (Å²) in [5.41, 5.74) is 5.80. The third-order valence-corrected chi connectivity index (χ3v) is 3.82. The number of hydrogen-bond donors (Lipinski definition) is 2. The smallest absolute Gasteiger partial charge is 0.237 e. The number of halogens is 1. The Bertz CT molecular complexity index is 263. The fraction of sp³-hybridized carbons (Fsp3) is 0.929. The molecule has 0 radical (unpaired) electrons. The van der Waals surface area contributed by atoms with Gasteiger partial charge in [0.2, 0.25) is 5.91 Å². The second-order valence-electron chi connectivity index (χ2n) is 6.66. The maximum absolute atomic E-state index is 12.0. The van der Waals surface area contributed by atoms with Crippen LogP contribution in [0.3, 0.4) is 0 Å². The van der Waals surface area contributed by atoms with E-state index in [9.17, 15) is 4.79 Å². The van der Waals surface area contributed by atoms with E-state index in [4.69, 9.17) is 5.73 Å². The largest absolute Gasteiger partial charge is 0.352 e. The molecule has 3 N–H and O–H groups in total. The molecule has 0 aromatic rings. The number of hydrogen-bond acceptors (Lipinski definition) is 2. The SMILES string of the molecule is CC1CCCC(NC(=O)[C@@H](N)C(C)(C)C)CC1.Cl. The van der Waals surface area contributed by atoms with Gasteiger partial charge in [-0.25, -0.2) is 0 Å². The lowest BCUT2D eigenvalue weighted by Gasteiger charge is -2.28. The second kappa shape index (κ2) is 7.34. The van der Waals surface area contributed by atoms with E-state index in [2.05, 4.69) is 12.2 Å². The Hall–Kier alpha value is -0.280. The molecule has 1 saturated carbocycles. The van der Waals surface area contributed by atoms with Crippen molar-refractivity contribution in [3.63, 3.8) is 0 Å². The molecule has 18 heavy (non-hydrogen) atoms. The topological polar surface area (TPSA) is 55.1 Å². The van der Waals surface area contributed by atoms with Crippen molar-refractivity contribution in [1.82, 2.24) is 5.32 Å². The lowest BCUT2D eigenvalue weighted by Crippen LogP contribution is -2.51. The lowest BCUT2D eigenvalue weighted by molar-refractivity contribution is -0.125. The number of carbonyl (C=O) groups excluding carboxylic acids is 1. The minimum absolute atomic E-state index is 0. The molecule has 0 heterocycles. The Labute approximate surface area is 118 Å². The zero-order chi connectivity index (χ0) is 13.1. The van der Waals surface area contributed by atoms with Crippen molar-refractivity contribution in [2.24, 2.45) is 17.1 Å². The van der Waals surface area contributed by atoms with Gasteiger partial charge in [-0.05, 0) is 30.6 Å². The van der Waals surface area contributed by atoms with Crippen LogP contribution in [0.2, 0.25) is 0 Å². The van der Waals surface area contributed by atoms with Gasteiger partial charge in [-0.1, -0.05) is 40.5 Å². The zero-order valence-corrected chi connectivity index (χ0v) is 13.0. The number of nitrogens with one attached hydrogen (secondary N) is 1. The zero-order valence-electron chi connectivity index (χ0n) is 12.2. The average Bonchev–Trinajstić information content (AvgIpc) is 2.41. The maximum Gasteiger partial charge on any atom is 0.237 e. The molecular formula is C14H29ClN2O. The molecule has 1 fully saturated rings. The molecule has 3 atom stereocenters. The number of carbonyl (C=O) groups is 1. The molecule has 0 saturated heterocycles. The highest BCUT2D eigenvalue weighted by atomic mass is 35.5. The van der Waals surface area contributed by atoms with Crippen LogP contribution in [0.4, 0.5) is 0 Å². The molecule has 1 rings (SSSR count). The summed E-state index contributed by atoms with van der Waals surface area (Å²) in [6, 6.07) is -0.0796. The molecule has 0 aromatic heterocycles. The quantitative estimate of drug-likeness (QED) is 0.762. The first-order valence-corrected chi connectivity index (χ1v) is 6.86. The van der Waals surface area contributed by atoms with E-state index in [1.54, 1.807) is 0 Å². The Morgan fingerprint density at radius 1 is 1.22 bits per heavy atom. The van der Waals surface area contributed by atoms with Crippen LogP contribution < -0.4 is 11.1 Å². The predicted molar refractivity (Wildman–Crippen MR) is 78.9 cm³/mol. The number of nitrogens with two attached hydrogens (primary N) is 1. The molecule has 1 aliphatic rings. The third-order valence-electron chi connectivity index (χ3n) is 3.82. The van der Waals surface area contributed by atoms with Crippen molar-refractivity contribution in [3.8, 4) is 0 Å². The first-order valence-electron chi connectivity index (χ1n) is 6.86. The fourth-order valence-corrected chi connectivity index (χ4v) is 2.32. The summed E-state index contributed by atoms with van der Waals surface area (Å²) in [5.74, 6) is 0.810. The van der Waals surface area contributed by atoms with Crippen LogP contribution in [0.15, 0.2) is 0 Å². The van der Waals surface area contributed by atoms with E-state index in [0.717, 1.165) is 18.8 Å². The van der Waals surface area contributed by atoms with Gasteiger partial charge in [0.05, 0.1) is 6.04 Å². The van der Waals surface area contributed by atoms with Crippen LogP contribution in [-0.2, 0) is 4.79 Å². The molecular weight excluding hydrogens is 248 g/mol. The molecule has 108 valence electrons. The van der Waals surface area contributed by atoms with Crippen molar-refractivity contribution < 1.29 is 4.79 Å². The molecule has 3 nitrogen and oxygen atoms in total. The van der Waals surface area contributed by atoms with E-state index >= 15 is 0 Å². The third kappa shape index (κ3) is 5.57. The van der Waals surface area contributed by atoms with E-state index in [1.807, 2.05) is 20.8 Å². The highest BCUT2D eigenvalue weighted by Gasteiger charge is 2.29. The van der Waals surface area contributed by atoms with Crippen LogP contribution in [0, 0.1) is 11.3 Å². The molecule has 1 amide bonds. The predicted octanol–water partition coefficient (Wildman–Crippen LogP) is 2.87. The normalized spacial score (nSPS) is 26.7. The van der Waals surface area contributed by atoms with Crippen molar-refractivity contribution >= 4 is 18.3 Å². The van der Waals surface area contributed by atoms with Crippen molar-refractivity contribution in [2.75, 3.05) is 0 Å². The molecule has 0 aliphatic heterocycles. The fourth-order valence-electron chi connectivity index (χ4n) is 2.32. The first-order chi connectivity index (χ1) is 7.80. The van der Waals surface area contributed by atoms with Crippen LogP contribution in [0.5, 0.6) is 0 Å². The van der Waals surface area contributed by atoms with Gasteiger partial charge in [0.1, 0.15) is 0 Å². The van der Waals surface area contributed by atoms with Crippen molar-refractivity contribution in [3.05, 3.63) is 0 Å². The molecule has 0 bridgehead atoms. The maximum atomic E-state index is 12.0. The average molecular weight is 277 g/mol.